The highest BCUT2D eigenvalue weighted by Crippen LogP contribution is 2.24. The van der Waals surface area contributed by atoms with Gasteiger partial charge in [-0.2, -0.15) is 0 Å². The van der Waals surface area contributed by atoms with E-state index in [0.29, 0.717) is 6.54 Å². The molecule has 0 aliphatic carbocycles. The number of ether oxygens (including phenoxy) is 1. The summed E-state index contributed by atoms with van der Waals surface area (Å²) in [6.45, 7) is 5.95. The third-order valence-electron chi connectivity index (χ3n) is 4.01. The predicted octanol–water partition coefficient (Wildman–Crippen LogP) is 1.30. The van der Waals surface area contributed by atoms with Gasteiger partial charge in [0.05, 0.1) is 12.2 Å². The minimum Gasteiger partial charge on any atom is -0.480 e. The normalized spacial score (nSPS) is 26.2. The summed E-state index contributed by atoms with van der Waals surface area (Å²) >= 11 is 0. The minimum absolute atomic E-state index is 0.118. The number of likely N-dealkylation sites (N-methyl/N-ethyl adjacent to an activating group) is 1. The lowest BCUT2D eigenvalue weighted by molar-refractivity contribution is -0.148. The third kappa shape index (κ3) is 3.43. The SMILES string of the molecule is CNC(CN1C[C@@H](C)O[C@@H](C)C1)(C(=O)O)c1ccccc1. The average molecular weight is 292 g/mol. The van der Waals surface area contributed by atoms with E-state index in [2.05, 4.69) is 10.2 Å². The first-order valence-electron chi connectivity index (χ1n) is 7.33. The molecule has 1 heterocycles. The van der Waals surface area contributed by atoms with E-state index in [1.807, 2.05) is 44.2 Å². The fraction of sp³-hybridized carbons (Fsp3) is 0.562. The smallest absolute Gasteiger partial charge is 0.329 e. The van der Waals surface area contributed by atoms with Crippen LogP contribution in [0.4, 0.5) is 0 Å². The third-order valence-corrected chi connectivity index (χ3v) is 4.01. The molecule has 1 fully saturated rings. The molecule has 0 amide bonds. The number of carboxylic acids is 1. The zero-order valence-electron chi connectivity index (χ0n) is 12.9. The summed E-state index contributed by atoms with van der Waals surface area (Å²) in [4.78, 5) is 14.1. The summed E-state index contributed by atoms with van der Waals surface area (Å²) in [5, 5.41) is 12.8. The molecule has 1 aromatic carbocycles. The van der Waals surface area contributed by atoms with E-state index < -0.39 is 11.5 Å². The quantitative estimate of drug-likeness (QED) is 0.856. The van der Waals surface area contributed by atoms with Crippen molar-refractivity contribution in [2.75, 3.05) is 26.7 Å². The Labute approximate surface area is 125 Å². The number of rotatable bonds is 5. The van der Waals surface area contributed by atoms with Crippen molar-refractivity contribution in [1.29, 1.82) is 0 Å². The van der Waals surface area contributed by atoms with Crippen LogP contribution in [-0.2, 0) is 15.1 Å². The van der Waals surface area contributed by atoms with Gasteiger partial charge in [0.15, 0.2) is 5.54 Å². The molecule has 2 N–H and O–H groups in total. The topological polar surface area (TPSA) is 61.8 Å². The van der Waals surface area contributed by atoms with Gasteiger partial charge < -0.3 is 15.2 Å². The molecule has 0 saturated carbocycles. The maximum atomic E-state index is 12.0. The van der Waals surface area contributed by atoms with Crippen molar-refractivity contribution < 1.29 is 14.6 Å². The van der Waals surface area contributed by atoms with Crippen molar-refractivity contribution in [3.8, 4) is 0 Å². The fourth-order valence-corrected chi connectivity index (χ4v) is 3.08. The lowest BCUT2D eigenvalue weighted by atomic mass is 9.89. The Balaban J connectivity index is 2.27. The first kappa shape index (κ1) is 15.9. The zero-order valence-corrected chi connectivity index (χ0v) is 12.9. The number of hydrogen-bond acceptors (Lipinski definition) is 4. The molecule has 1 unspecified atom stereocenters. The first-order valence-corrected chi connectivity index (χ1v) is 7.33. The second-order valence-electron chi connectivity index (χ2n) is 5.78. The van der Waals surface area contributed by atoms with Crippen LogP contribution >= 0.6 is 0 Å². The Kier molecular flexibility index (Phi) is 4.98. The van der Waals surface area contributed by atoms with Crippen LogP contribution in [0.2, 0.25) is 0 Å². The lowest BCUT2D eigenvalue weighted by Gasteiger charge is -2.40. The molecule has 116 valence electrons. The minimum atomic E-state index is -1.10. The summed E-state index contributed by atoms with van der Waals surface area (Å²) in [5.41, 5.74) is -0.329. The van der Waals surface area contributed by atoms with Crippen molar-refractivity contribution in [3.63, 3.8) is 0 Å². The second kappa shape index (κ2) is 6.56. The molecule has 0 radical (unpaired) electrons. The highest BCUT2D eigenvalue weighted by molar-refractivity contribution is 5.81. The number of nitrogens with zero attached hydrogens (tertiary/aromatic N) is 1. The van der Waals surface area contributed by atoms with Crippen LogP contribution in [0, 0.1) is 0 Å². The van der Waals surface area contributed by atoms with Crippen LogP contribution < -0.4 is 5.32 Å². The molecule has 2 rings (SSSR count). The summed E-state index contributed by atoms with van der Waals surface area (Å²) in [7, 11) is 1.70. The number of benzene rings is 1. The van der Waals surface area contributed by atoms with E-state index in [-0.39, 0.29) is 12.2 Å². The molecule has 1 aliphatic heterocycles. The molecule has 1 aromatic rings. The Morgan fingerprint density at radius 3 is 2.38 bits per heavy atom. The Bertz CT molecular complexity index is 470. The molecule has 1 saturated heterocycles. The lowest BCUT2D eigenvalue weighted by Crippen LogP contribution is -2.58. The molecule has 5 heteroatoms. The number of carbonyl (C=O) groups is 1. The van der Waals surface area contributed by atoms with Crippen LogP contribution in [-0.4, -0.2) is 54.9 Å². The Morgan fingerprint density at radius 2 is 1.90 bits per heavy atom. The van der Waals surface area contributed by atoms with E-state index in [4.69, 9.17) is 4.74 Å². The van der Waals surface area contributed by atoms with Crippen molar-refractivity contribution in [3.05, 3.63) is 35.9 Å². The Hall–Kier alpha value is -1.43. The van der Waals surface area contributed by atoms with E-state index in [1.54, 1.807) is 7.05 Å². The summed E-state index contributed by atoms with van der Waals surface area (Å²) < 4.78 is 5.72. The summed E-state index contributed by atoms with van der Waals surface area (Å²) in [6.07, 6.45) is 0.237. The largest absolute Gasteiger partial charge is 0.480 e. The van der Waals surface area contributed by atoms with Gasteiger partial charge in [0.25, 0.3) is 0 Å². The summed E-state index contributed by atoms with van der Waals surface area (Å²) in [5.74, 6) is -0.858. The van der Waals surface area contributed by atoms with Gasteiger partial charge in [-0.05, 0) is 26.5 Å². The van der Waals surface area contributed by atoms with E-state index in [1.165, 1.54) is 0 Å². The van der Waals surface area contributed by atoms with Gasteiger partial charge in [0, 0.05) is 19.6 Å². The standard InChI is InChI=1S/C16H24N2O3/c1-12-9-18(10-13(2)21-12)11-16(17-3,15(19)20)14-7-5-4-6-8-14/h4-8,12-13,17H,9-11H2,1-3H3,(H,19,20)/t12-,13+,16?. The monoisotopic (exact) mass is 292 g/mol. The number of morpholine rings is 1. The van der Waals surface area contributed by atoms with Crippen LogP contribution in [0.1, 0.15) is 19.4 Å². The maximum absolute atomic E-state index is 12.0. The highest BCUT2D eigenvalue weighted by atomic mass is 16.5. The maximum Gasteiger partial charge on any atom is 0.329 e. The van der Waals surface area contributed by atoms with Gasteiger partial charge in [-0.15, -0.1) is 0 Å². The molecule has 3 atom stereocenters. The van der Waals surface area contributed by atoms with Gasteiger partial charge in [-0.25, -0.2) is 4.79 Å². The molecular weight excluding hydrogens is 268 g/mol. The van der Waals surface area contributed by atoms with E-state index in [9.17, 15) is 9.90 Å². The van der Waals surface area contributed by atoms with Gasteiger partial charge in [-0.1, -0.05) is 30.3 Å². The number of hydrogen-bond donors (Lipinski definition) is 2. The average Bonchev–Trinajstić information content (AvgIpc) is 2.44. The first-order chi connectivity index (χ1) is 9.98. The van der Waals surface area contributed by atoms with Crippen LogP contribution in [0.25, 0.3) is 0 Å². The molecule has 21 heavy (non-hydrogen) atoms. The molecule has 0 aromatic heterocycles. The predicted molar refractivity (Wildman–Crippen MR) is 81.3 cm³/mol. The van der Waals surface area contributed by atoms with Crippen molar-refractivity contribution in [2.45, 2.75) is 31.6 Å². The van der Waals surface area contributed by atoms with Crippen LogP contribution in [0.5, 0.6) is 0 Å². The zero-order chi connectivity index (χ0) is 15.5. The van der Waals surface area contributed by atoms with Crippen LogP contribution in [0.3, 0.4) is 0 Å². The van der Waals surface area contributed by atoms with Crippen LogP contribution in [0.15, 0.2) is 30.3 Å². The number of nitrogens with one attached hydrogen (secondary N) is 1. The van der Waals surface area contributed by atoms with Gasteiger partial charge in [0.2, 0.25) is 0 Å². The van der Waals surface area contributed by atoms with Gasteiger partial charge in [0.1, 0.15) is 0 Å². The summed E-state index contributed by atoms with van der Waals surface area (Å²) in [6, 6.07) is 9.35. The van der Waals surface area contributed by atoms with Crippen molar-refractivity contribution in [1.82, 2.24) is 10.2 Å². The molecule has 5 nitrogen and oxygen atoms in total. The molecule has 1 aliphatic rings. The molecule has 0 spiro atoms. The highest BCUT2D eigenvalue weighted by Gasteiger charge is 2.41. The number of aliphatic carboxylic acids is 1. The molecular formula is C16H24N2O3. The Morgan fingerprint density at radius 1 is 1.33 bits per heavy atom. The molecule has 0 bridgehead atoms. The number of carboxylic acid groups (broad SMARTS) is 1. The van der Waals surface area contributed by atoms with Crippen molar-refractivity contribution in [2.24, 2.45) is 0 Å². The van der Waals surface area contributed by atoms with Gasteiger partial charge >= 0.3 is 5.97 Å². The van der Waals surface area contributed by atoms with E-state index >= 15 is 0 Å². The second-order valence-corrected chi connectivity index (χ2v) is 5.78. The fourth-order valence-electron chi connectivity index (χ4n) is 3.08. The van der Waals surface area contributed by atoms with Crippen molar-refractivity contribution >= 4 is 5.97 Å². The van der Waals surface area contributed by atoms with Gasteiger partial charge in [-0.3, -0.25) is 4.90 Å². The van der Waals surface area contributed by atoms with E-state index in [0.717, 1.165) is 18.7 Å².